The fourth-order valence-electron chi connectivity index (χ4n) is 2.44. The van der Waals surface area contributed by atoms with Crippen molar-refractivity contribution in [1.82, 2.24) is 4.57 Å². The molecule has 82 valence electrons. The highest BCUT2D eigenvalue weighted by Crippen LogP contribution is 2.11. The topological polar surface area (TPSA) is 36.1 Å². The van der Waals surface area contributed by atoms with Crippen LogP contribution < -0.4 is 10.5 Å². The summed E-state index contributed by atoms with van der Waals surface area (Å²) in [7, 11) is 0. The normalized spacial score (nSPS) is 15.8. The van der Waals surface area contributed by atoms with Gasteiger partial charge in [0.05, 0.1) is 6.54 Å². The van der Waals surface area contributed by atoms with E-state index < -0.39 is 0 Å². The molecular weight excluding hydrogens is 200 g/mol. The molecule has 0 saturated heterocycles. The van der Waals surface area contributed by atoms with Gasteiger partial charge in [0.2, 0.25) is 0 Å². The summed E-state index contributed by atoms with van der Waals surface area (Å²) in [6.45, 7) is 0.857. The molecule has 1 aliphatic heterocycles. The predicted octanol–water partition coefficient (Wildman–Crippen LogP) is 1.54. The van der Waals surface area contributed by atoms with Crippen LogP contribution in [0.1, 0.15) is 25.1 Å². The Hall–Kier alpha value is -1.64. The zero-order valence-electron chi connectivity index (χ0n) is 9.20. The number of nitrogens with one attached hydrogen (secondary N) is 1. The van der Waals surface area contributed by atoms with Gasteiger partial charge in [-0.15, -0.1) is 0 Å². The van der Waals surface area contributed by atoms with Crippen molar-refractivity contribution in [2.24, 2.45) is 0 Å². The van der Waals surface area contributed by atoms with Crippen molar-refractivity contribution < 1.29 is 4.98 Å². The van der Waals surface area contributed by atoms with Crippen LogP contribution in [0.15, 0.2) is 29.1 Å². The molecule has 3 heteroatoms. The minimum Gasteiger partial charge on any atom is -0.244 e. The zero-order valence-corrected chi connectivity index (χ0v) is 9.20. The van der Waals surface area contributed by atoms with Gasteiger partial charge in [0.1, 0.15) is 10.9 Å². The number of rotatable bonds is 0. The third kappa shape index (κ3) is 1.43. The molecule has 0 fully saturated rings. The molecule has 0 unspecified atom stereocenters. The number of H-pyrrole nitrogens is 1. The van der Waals surface area contributed by atoms with E-state index in [0.717, 1.165) is 36.1 Å². The van der Waals surface area contributed by atoms with Crippen LogP contribution in [0.25, 0.3) is 10.9 Å². The number of hydrogen-bond donors (Lipinski definition) is 0. The van der Waals surface area contributed by atoms with Gasteiger partial charge in [-0.2, -0.15) is 4.57 Å². The Balaban J connectivity index is 2.34. The predicted molar refractivity (Wildman–Crippen MR) is 62.3 cm³/mol. The molecule has 0 bridgehead atoms. The number of aromatic amines is 1. The molecule has 0 atom stereocenters. The molecule has 16 heavy (non-hydrogen) atoms. The van der Waals surface area contributed by atoms with Crippen LogP contribution >= 0.6 is 0 Å². The van der Waals surface area contributed by atoms with Gasteiger partial charge >= 0.3 is 5.56 Å². The summed E-state index contributed by atoms with van der Waals surface area (Å²) in [5, 5.41) is 0.799. The van der Waals surface area contributed by atoms with Crippen molar-refractivity contribution in [3.8, 4) is 0 Å². The first-order valence-corrected chi connectivity index (χ1v) is 5.90. The monoisotopic (exact) mass is 215 g/mol. The Morgan fingerprint density at radius 2 is 2.00 bits per heavy atom. The highest BCUT2D eigenvalue weighted by atomic mass is 16.1. The average Bonchev–Trinajstić information content (AvgIpc) is 2.55. The quantitative estimate of drug-likeness (QED) is 0.656. The van der Waals surface area contributed by atoms with E-state index in [9.17, 15) is 4.79 Å². The van der Waals surface area contributed by atoms with E-state index in [1.165, 1.54) is 12.8 Å². The molecule has 0 radical (unpaired) electrons. The molecular formula is C13H15N2O+. The summed E-state index contributed by atoms with van der Waals surface area (Å²) >= 11 is 0. The van der Waals surface area contributed by atoms with Crippen molar-refractivity contribution in [1.29, 1.82) is 0 Å². The lowest BCUT2D eigenvalue weighted by Crippen LogP contribution is -2.31. The fraction of sp³-hybridized carbons (Fsp3) is 0.385. The van der Waals surface area contributed by atoms with Gasteiger partial charge in [-0.05, 0) is 31.4 Å². The lowest BCUT2D eigenvalue weighted by molar-refractivity contribution is -0.366. The lowest BCUT2D eigenvalue weighted by Gasteiger charge is -2.02. The molecule has 0 saturated carbocycles. The lowest BCUT2D eigenvalue weighted by atomic mass is 10.2. The molecule has 3 rings (SSSR count). The summed E-state index contributed by atoms with van der Waals surface area (Å²) in [5.41, 5.74) is 1.12. The van der Waals surface area contributed by atoms with E-state index in [4.69, 9.17) is 0 Å². The van der Waals surface area contributed by atoms with Gasteiger partial charge in [-0.25, -0.2) is 9.78 Å². The summed E-state index contributed by atoms with van der Waals surface area (Å²) in [4.78, 5) is 15.7. The molecule has 1 aromatic heterocycles. The maximum Gasteiger partial charge on any atom is 0.345 e. The molecule has 1 N–H and O–H groups in total. The van der Waals surface area contributed by atoms with E-state index in [1.54, 1.807) is 0 Å². The van der Waals surface area contributed by atoms with E-state index in [-0.39, 0.29) is 5.56 Å². The standard InChI is InChI=1S/C13H14N2O/c16-13-10-6-3-4-7-11(10)14-12-8-2-1-5-9-15(12)13/h3-4,6-7H,1-2,5,8-9H2/p+1. The van der Waals surface area contributed by atoms with Crippen LogP contribution in [0.5, 0.6) is 0 Å². The van der Waals surface area contributed by atoms with Crippen molar-refractivity contribution in [3.05, 3.63) is 40.4 Å². The second kappa shape index (κ2) is 3.74. The van der Waals surface area contributed by atoms with Gasteiger partial charge in [0, 0.05) is 6.42 Å². The molecule has 2 heterocycles. The summed E-state index contributed by atoms with van der Waals surface area (Å²) in [5.74, 6) is 1.08. The molecule has 0 spiro atoms. The Morgan fingerprint density at radius 1 is 1.12 bits per heavy atom. The number of para-hydroxylation sites is 1. The van der Waals surface area contributed by atoms with Crippen molar-refractivity contribution in [2.45, 2.75) is 32.2 Å². The second-order valence-electron chi connectivity index (χ2n) is 4.38. The fourth-order valence-corrected chi connectivity index (χ4v) is 2.44. The summed E-state index contributed by atoms with van der Waals surface area (Å²) in [6.07, 6.45) is 4.48. The van der Waals surface area contributed by atoms with Crippen LogP contribution in [-0.2, 0) is 13.0 Å². The minimum absolute atomic E-state index is 0.159. The SMILES string of the molecule is O=c1c2ccccc2[nH+]c2n1CCCCC2. The van der Waals surface area contributed by atoms with Gasteiger partial charge in [0.25, 0.3) is 5.82 Å². The maximum absolute atomic E-state index is 12.3. The third-order valence-electron chi connectivity index (χ3n) is 3.30. The van der Waals surface area contributed by atoms with E-state index in [1.807, 2.05) is 28.8 Å². The van der Waals surface area contributed by atoms with Crippen LogP contribution in [0.3, 0.4) is 0 Å². The summed E-state index contributed by atoms with van der Waals surface area (Å²) < 4.78 is 1.91. The number of fused-ring (bicyclic) bond motifs is 2. The van der Waals surface area contributed by atoms with Crippen molar-refractivity contribution in [2.75, 3.05) is 0 Å². The Bertz CT molecular complexity index is 586. The largest absolute Gasteiger partial charge is 0.345 e. The van der Waals surface area contributed by atoms with Gasteiger partial charge < -0.3 is 0 Å². The molecule has 2 aromatic rings. The van der Waals surface area contributed by atoms with Crippen molar-refractivity contribution >= 4 is 10.9 Å². The zero-order chi connectivity index (χ0) is 11.0. The number of aryl methyl sites for hydroxylation is 1. The smallest absolute Gasteiger partial charge is 0.244 e. The van der Waals surface area contributed by atoms with E-state index >= 15 is 0 Å². The second-order valence-corrected chi connectivity index (χ2v) is 4.38. The third-order valence-corrected chi connectivity index (χ3v) is 3.30. The number of hydrogen-bond acceptors (Lipinski definition) is 1. The molecule has 1 aliphatic rings. The highest BCUT2D eigenvalue weighted by molar-refractivity contribution is 5.73. The first-order chi connectivity index (χ1) is 7.86. The molecule has 3 nitrogen and oxygen atoms in total. The van der Waals surface area contributed by atoms with E-state index in [0.29, 0.717) is 0 Å². The molecule has 0 aliphatic carbocycles. The number of aromatic nitrogens is 2. The van der Waals surface area contributed by atoms with Gasteiger partial charge in [0.15, 0.2) is 0 Å². The Kier molecular flexibility index (Phi) is 2.24. The molecule has 0 amide bonds. The Labute approximate surface area is 93.7 Å². The molecule has 1 aromatic carbocycles. The maximum atomic E-state index is 12.3. The minimum atomic E-state index is 0.159. The summed E-state index contributed by atoms with van der Waals surface area (Å²) in [6, 6.07) is 7.75. The first-order valence-electron chi connectivity index (χ1n) is 5.90. The van der Waals surface area contributed by atoms with Crippen LogP contribution in [0.4, 0.5) is 0 Å². The van der Waals surface area contributed by atoms with Crippen molar-refractivity contribution in [3.63, 3.8) is 0 Å². The van der Waals surface area contributed by atoms with Crippen LogP contribution in [-0.4, -0.2) is 4.57 Å². The number of nitrogens with zero attached hydrogens (tertiary/aromatic N) is 1. The highest BCUT2D eigenvalue weighted by Gasteiger charge is 2.19. The van der Waals surface area contributed by atoms with Gasteiger partial charge in [-0.3, -0.25) is 0 Å². The van der Waals surface area contributed by atoms with Crippen LogP contribution in [0, 0.1) is 0 Å². The Morgan fingerprint density at radius 3 is 2.94 bits per heavy atom. The van der Waals surface area contributed by atoms with Crippen LogP contribution in [0.2, 0.25) is 0 Å². The van der Waals surface area contributed by atoms with Gasteiger partial charge in [-0.1, -0.05) is 12.1 Å². The average molecular weight is 215 g/mol. The number of benzene rings is 1. The van der Waals surface area contributed by atoms with E-state index in [2.05, 4.69) is 4.98 Å². The first kappa shape index (κ1) is 9.58.